The van der Waals surface area contributed by atoms with Crippen LogP contribution in [-0.2, 0) is 4.74 Å². The maximum Gasteiger partial charge on any atom is 0.0876 e. The highest BCUT2D eigenvalue weighted by Crippen LogP contribution is 2.32. The average molecular weight is 245 g/mol. The minimum atomic E-state index is 0.283. The summed E-state index contributed by atoms with van der Waals surface area (Å²) in [6.07, 6.45) is 4.19. The number of benzene rings is 1. The molecule has 0 aliphatic carbocycles. The summed E-state index contributed by atoms with van der Waals surface area (Å²) >= 11 is 0. The molecule has 0 spiro atoms. The van der Waals surface area contributed by atoms with Crippen LogP contribution in [0.1, 0.15) is 41.1 Å². The molecule has 0 saturated heterocycles. The van der Waals surface area contributed by atoms with Crippen molar-refractivity contribution in [1.29, 1.82) is 0 Å². The lowest BCUT2D eigenvalue weighted by Gasteiger charge is -2.26. The van der Waals surface area contributed by atoms with Crippen molar-refractivity contribution in [2.45, 2.75) is 39.7 Å². The Morgan fingerprint density at radius 3 is 2.33 bits per heavy atom. The van der Waals surface area contributed by atoms with E-state index in [1.165, 1.54) is 27.8 Å². The summed E-state index contributed by atoms with van der Waals surface area (Å²) in [7, 11) is 2.03. The van der Waals surface area contributed by atoms with Gasteiger partial charge in [-0.1, -0.05) is 17.7 Å². The van der Waals surface area contributed by atoms with Gasteiger partial charge in [0.2, 0.25) is 0 Å². The molecule has 2 nitrogen and oxygen atoms in total. The Hall–Kier alpha value is -1.28. The molecule has 0 saturated carbocycles. The highest BCUT2D eigenvalue weighted by Gasteiger charge is 2.20. The first-order valence-electron chi connectivity index (χ1n) is 6.69. The molecule has 0 amide bonds. The zero-order valence-electron chi connectivity index (χ0n) is 11.8. The van der Waals surface area contributed by atoms with Crippen molar-refractivity contribution >= 4 is 0 Å². The third-order valence-corrected chi connectivity index (χ3v) is 3.65. The zero-order valence-corrected chi connectivity index (χ0v) is 11.8. The fourth-order valence-corrected chi connectivity index (χ4v) is 2.96. The highest BCUT2D eigenvalue weighted by atomic mass is 16.5. The van der Waals surface area contributed by atoms with E-state index in [1.807, 2.05) is 13.3 Å². The molecule has 1 N–H and O–H groups in total. The topological polar surface area (TPSA) is 21.3 Å². The van der Waals surface area contributed by atoms with Gasteiger partial charge < -0.3 is 10.1 Å². The standard InChI is InChI=1S/C16H23NO/c1-11-8-12(2)15(13(3)9-11)16(17-4)14-6-5-7-18-10-14/h8-10,16-17H,5-7H2,1-4H3. The average Bonchev–Trinajstić information content (AvgIpc) is 2.34. The Morgan fingerprint density at radius 2 is 1.83 bits per heavy atom. The van der Waals surface area contributed by atoms with Crippen molar-refractivity contribution in [3.8, 4) is 0 Å². The van der Waals surface area contributed by atoms with E-state index in [-0.39, 0.29) is 6.04 Å². The van der Waals surface area contributed by atoms with Gasteiger partial charge in [-0.05, 0) is 62.9 Å². The Bertz CT molecular complexity index is 439. The van der Waals surface area contributed by atoms with Gasteiger partial charge in [0.05, 0.1) is 18.9 Å². The van der Waals surface area contributed by atoms with Crippen LogP contribution in [-0.4, -0.2) is 13.7 Å². The first-order valence-corrected chi connectivity index (χ1v) is 6.69. The molecule has 1 atom stereocenters. The molecule has 1 aromatic rings. The van der Waals surface area contributed by atoms with Crippen molar-refractivity contribution in [2.75, 3.05) is 13.7 Å². The van der Waals surface area contributed by atoms with Gasteiger partial charge in [-0.3, -0.25) is 0 Å². The zero-order chi connectivity index (χ0) is 13.1. The number of aryl methyl sites for hydroxylation is 3. The van der Waals surface area contributed by atoms with Crippen LogP contribution < -0.4 is 5.32 Å². The van der Waals surface area contributed by atoms with Crippen molar-refractivity contribution in [3.63, 3.8) is 0 Å². The molecule has 18 heavy (non-hydrogen) atoms. The lowest BCUT2D eigenvalue weighted by Crippen LogP contribution is -2.22. The highest BCUT2D eigenvalue weighted by molar-refractivity contribution is 5.43. The molecule has 0 fully saturated rings. The first-order chi connectivity index (χ1) is 8.63. The van der Waals surface area contributed by atoms with E-state index < -0.39 is 0 Å². The lowest BCUT2D eigenvalue weighted by atomic mass is 9.88. The van der Waals surface area contributed by atoms with E-state index in [4.69, 9.17) is 4.74 Å². The van der Waals surface area contributed by atoms with Gasteiger partial charge >= 0.3 is 0 Å². The fraction of sp³-hybridized carbons (Fsp3) is 0.500. The van der Waals surface area contributed by atoms with Crippen LogP contribution in [0.25, 0.3) is 0 Å². The number of likely N-dealkylation sites (N-methyl/N-ethyl adjacent to an activating group) is 1. The van der Waals surface area contributed by atoms with Gasteiger partial charge in [-0.25, -0.2) is 0 Å². The monoisotopic (exact) mass is 245 g/mol. The SMILES string of the molecule is CNC(C1=COCCC1)c1c(C)cc(C)cc1C. The molecule has 2 heteroatoms. The molecular weight excluding hydrogens is 222 g/mol. The molecule has 98 valence electrons. The number of hydrogen-bond acceptors (Lipinski definition) is 2. The molecule has 1 aromatic carbocycles. The normalized spacial score (nSPS) is 17.0. The van der Waals surface area contributed by atoms with Gasteiger partial charge in [-0.15, -0.1) is 0 Å². The molecule has 0 aromatic heterocycles. The summed E-state index contributed by atoms with van der Waals surface area (Å²) < 4.78 is 5.49. The van der Waals surface area contributed by atoms with E-state index >= 15 is 0 Å². The predicted octanol–water partition coefficient (Wildman–Crippen LogP) is 3.57. The number of rotatable bonds is 3. The maximum absolute atomic E-state index is 5.49. The van der Waals surface area contributed by atoms with E-state index in [0.29, 0.717) is 0 Å². The fourth-order valence-electron chi connectivity index (χ4n) is 2.96. The van der Waals surface area contributed by atoms with Crippen LogP contribution in [0.3, 0.4) is 0 Å². The number of ether oxygens (including phenoxy) is 1. The third kappa shape index (κ3) is 2.59. The summed E-state index contributed by atoms with van der Waals surface area (Å²) in [5.74, 6) is 0. The quantitative estimate of drug-likeness (QED) is 0.879. The summed E-state index contributed by atoms with van der Waals surface area (Å²) in [6, 6.07) is 4.80. The van der Waals surface area contributed by atoms with Crippen molar-refractivity contribution in [3.05, 3.63) is 46.2 Å². The predicted molar refractivity (Wildman–Crippen MR) is 75.7 cm³/mol. The minimum absolute atomic E-state index is 0.283. The van der Waals surface area contributed by atoms with Crippen molar-refractivity contribution in [2.24, 2.45) is 0 Å². The van der Waals surface area contributed by atoms with Crippen LogP contribution in [0.15, 0.2) is 24.0 Å². The van der Waals surface area contributed by atoms with Gasteiger partial charge in [0.15, 0.2) is 0 Å². The van der Waals surface area contributed by atoms with Crippen LogP contribution in [0, 0.1) is 20.8 Å². The Kier molecular flexibility index (Phi) is 4.07. The molecule has 0 radical (unpaired) electrons. The maximum atomic E-state index is 5.49. The van der Waals surface area contributed by atoms with E-state index in [2.05, 4.69) is 38.2 Å². The van der Waals surface area contributed by atoms with Gasteiger partial charge in [0, 0.05) is 0 Å². The van der Waals surface area contributed by atoms with Crippen LogP contribution in [0.2, 0.25) is 0 Å². The summed E-state index contributed by atoms with van der Waals surface area (Å²) in [6.45, 7) is 7.40. The second-order valence-corrected chi connectivity index (χ2v) is 5.20. The molecule has 1 aliphatic heterocycles. The van der Waals surface area contributed by atoms with Gasteiger partial charge in [-0.2, -0.15) is 0 Å². The third-order valence-electron chi connectivity index (χ3n) is 3.65. The molecule has 2 rings (SSSR count). The van der Waals surface area contributed by atoms with Gasteiger partial charge in [0.25, 0.3) is 0 Å². The van der Waals surface area contributed by atoms with Crippen LogP contribution >= 0.6 is 0 Å². The summed E-state index contributed by atoms with van der Waals surface area (Å²) in [4.78, 5) is 0. The van der Waals surface area contributed by atoms with Gasteiger partial charge in [0.1, 0.15) is 0 Å². The second kappa shape index (κ2) is 5.57. The smallest absolute Gasteiger partial charge is 0.0876 e. The summed E-state index contributed by atoms with van der Waals surface area (Å²) in [5, 5.41) is 3.44. The summed E-state index contributed by atoms with van der Waals surface area (Å²) in [5.41, 5.74) is 6.81. The van der Waals surface area contributed by atoms with Crippen molar-refractivity contribution in [1.82, 2.24) is 5.32 Å². The van der Waals surface area contributed by atoms with Crippen molar-refractivity contribution < 1.29 is 4.74 Å². The Morgan fingerprint density at radius 1 is 1.17 bits per heavy atom. The van der Waals surface area contributed by atoms with Crippen LogP contribution in [0.4, 0.5) is 0 Å². The van der Waals surface area contributed by atoms with E-state index in [0.717, 1.165) is 19.4 Å². The van der Waals surface area contributed by atoms with Crippen LogP contribution in [0.5, 0.6) is 0 Å². The molecule has 1 unspecified atom stereocenters. The second-order valence-electron chi connectivity index (χ2n) is 5.20. The lowest BCUT2D eigenvalue weighted by molar-refractivity contribution is 0.220. The number of hydrogen-bond donors (Lipinski definition) is 1. The molecule has 1 heterocycles. The Balaban J connectivity index is 2.41. The Labute approximate surface area is 110 Å². The molecular formula is C16H23NO. The molecule has 1 aliphatic rings. The number of nitrogens with one attached hydrogen (secondary N) is 1. The molecule has 0 bridgehead atoms. The minimum Gasteiger partial charge on any atom is -0.501 e. The van der Waals surface area contributed by atoms with E-state index in [1.54, 1.807) is 0 Å². The largest absolute Gasteiger partial charge is 0.501 e. The first kappa shape index (κ1) is 13.2. The van der Waals surface area contributed by atoms with E-state index in [9.17, 15) is 0 Å².